The molecule has 1 aliphatic rings. The SMILES string of the molecule is COc1ccc2c(c1)OCC(C)(O)CCC2. The molecule has 2 rings (SSSR count). The lowest BCUT2D eigenvalue weighted by atomic mass is 9.96. The Morgan fingerprint density at radius 3 is 3.00 bits per heavy atom. The highest BCUT2D eigenvalue weighted by Gasteiger charge is 2.24. The van der Waals surface area contributed by atoms with Gasteiger partial charge in [0.05, 0.1) is 12.7 Å². The summed E-state index contributed by atoms with van der Waals surface area (Å²) in [5.41, 5.74) is 0.470. The summed E-state index contributed by atoms with van der Waals surface area (Å²) in [6, 6.07) is 5.87. The van der Waals surface area contributed by atoms with Crippen molar-refractivity contribution < 1.29 is 14.6 Å². The number of methoxy groups -OCH3 is 1. The number of benzene rings is 1. The summed E-state index contributed by atoms with van der Waals surface area (Å²) >= 11 is 0. The summed E-state index contributed by atoms with van der Waals surface area (Å²) in [5.74, 6) is 1.62. The van der Waals surface area contributed by atoms with E-state index in [2.05, 4.69) is 0 Å². The van der Waals surface area contributed by atoms with Gasteiger partial charge in [-0.1, -0.05) is 6.07 Å². The lowest BCUT2D eigenvalue weighted by molar-refractivity contribution is -0.000342. The number of rotatable bonds is 1. The van der Waals surface area contributed by atoms with Gasteiger partial charge < -0.3 is 14.6 Å². The van der Waals surface area contributed by atoms with Gasteiger partial charge in [0.2, 0.25) is 0 Å². The minimum atomic E-state index is -0.721. The van der Waals surface area contributed by atoms with Gasteiger partial charge in [-0.05, 0) is 37.8 Å². The fraction of sp³-hybridized carbons (Fsp3) is 0.538. The first kappa shape index (κ1) is 11.3. The van der Waals surface area contributed by atoms with Crippen molar-refractivity contribution in [2.75, 3.05) is 13.7 Å². The van der Waals surface area contributed by atoms with Crippen molar-refractivity contribution in [3.63, 3.8) is 0 Å². The van der Waals surface area contributed by atoms with Gasteiger partial charge in [0.15, 0.2) is 0 Å². The van der Waals surface area contributed by atoms with Gasteiger partial charge in [-0.25, -0.2) is 0 Å². The molecule has 1 atom stereocenters. The van der Waals surface area contributed by atoms with Crippen molar-refractivity contribution in [1.82, 2.24) is 0 Å². The third-order valence-electron chi connectivity index (χ3n) is 2.97. The second kappa shape index (κ2) is 4.34. The Labute approximate surface area is 96.0 Å². The van der Waals surface area contributed by atoms with E-state index in [4.69, 9.17) is 9.47 Å². The molecule has 0 fully saturated rings. The highest BCUT2D eigenvalue weighted by Crippen LogP contribution is 2.30. The van der Waals surface area contributed by atoms with E-state index >= 15 is 0 Å². The van der Waals surface area contributed by atoms with E-state index in [1.165, 1.54) is 5.56 Å². The van der Waals surface area contributed by atoms with E-state index in [9.17, 15) is 5.11 Å². The number of ether oxygens (including phenoxy) is 2. The summed E-state index contributed by atoms with van der Waals surface area (Å²) in [6.07, 6.45) is 2.70. The molecule has 0 spiro atoms. The summed E-state index contributed by atoms with van der Waals surface area (Å²) in [7, 11) is 1.64. The minimum Gasteiger partial charge on any atom is -0.497 e. The summed E-state index contributed by atoms with van der Waals surface area (Å²) in [4.78, 5) is 0. The molecule has 0 radical (unpaired) electrons. The zero-order valence-electron chi connectivity index (χ0n) is 9.82. The number of hydrogen-bond acceptors (Lipinski definition) is 3. The van der Waals surface area contributed by atoms with Crippen LogP contribution in [0.5, 0.6) is 11.5 Å². The Morgan fingerprint density at radius 2 is 2.25 bits per heavy atom. The molecular formula is C13H18O3. The molecule has 0 saturated carbocycles. The van der Waals surface area contributed by atoms with Gasteiger partial charge in [-0.15, -0.1) is 0 Å². The predicted octanol–water partition coefficient (Wildman–Crippen LogP) is 2.16. The summed E-state index contributed by atoms with van der Waals surface area (Å²) < 4.78 is 10.8. The first-order valence-corrected chi connectivity index (χ1v) is 5.63. The molecule has 1 aromatic carbocycles. The van der Waals surface area contributed by atoms with Crippen LogP contribution in [0.25, 0.3) is 0 Å². The molecule has 0 aliphatic carbocycles. The molecule has 1 unspecified atom stereocenters. The highest BCUT2D eigenvalue weighted by atomic mass is 16.5. The zero-order valence-corrected chi connectivity index (χ0v) is 9.82. The van der Waals surface area contributed by atoms with Crippen LogP contribution in [-0.4, -0.2) is 24.4 Å². The van der Waals surface area contributed by atoms with Gasteiger partial charge in [0, 0.05) is 6.07 Å². The largest absolute Gasteiger partial charge is 0.497 e. The Hall–Kier alpha value is -1.22. The molecule has 3 heteroatoms. The average Bonchev–Trinajstić information content (AvgIpc) is 2.25. The molecule has 1 heterocycles. The van der Waals surface area contributed by atoms with Crippen molar-refractivity contribution >= 4 is 0 Å². The lowest BCUT2D eigenvalue weighted by Crippen LogP contribution is -2.33. The Morgan fingerprint density at radius 1 is 1.44 bits per heavy atom. The van der Waals surface area contributed by atoms with Crippen molar-refractivity contribution in [1.29, 1.82) is 0 Å². The maximum absolute atomic E-state index is 9.98. The molecule has 1 aliphatic heterocycles. The quantitative estimate of drug-likeness (QED) is 0.791. The number of fused-ring (bicyclic) bond motifs is 1. The number of aryl methyl sites for hydroxylation is 1. The Kier molecular flexibility index (Phi) is 3.06. The third-order valence-corrected chi connectivity index (χ3v) is 2.97. The van der Waals surface area contributed by atoms with E-state index in [0.717, 1.165) is 30.8 Å². The van der Waals surface area contributed by atoms with Gasteiger partial charge >= 0.3 is 0 Å². The fourth-order valence-electron chi connectivity index (χ4n) is 1.97. The molecule has 0 amide bonds. The van der Waals surface area contributed by atoms with Crippen LogP contribution in [-0.2, 0) is 6.42 Å². The maximum atomic E-state index is 9.98. The summed E-state index contributed by atoms with van der Waals surface area (Å²) in [6.45, 7) is 2.16. The Balaban J connectivity index is 2.24. The van der Waals surface area contributed by atoms with Crippen LogP contribution in [0.1, 0.15) is 25.3 Å². The van der Waals surface area contributed by atoms with Crippen LogP contribution in [0, 0.1) is 0 Å². The van der Waals surface area contributed by atoms with E-state index in [1.54, 1.807) is 7.11 Å². The van der Waals surface area contributed by atoms with Crippen LogP contribution < -0.4 is 9.47 Å². The lowest BCUT2D eigenvalue weighted by Gasteiger charge is -2.27. The molecule has 1 N–H and O–H groups in total. The minimum absolute atomic E-state index is 0.340. The molecular weight excluding hydrogens is 204 g/mol. The highest BCUT2D eigenvalue weighted by molar-refractivity contribution is 5.41. The Bertz CT molecular complexity index is 371. The van der Waals surface area contributed by atoms with Gasteiger partial charge in [-0.3, -0.25) is 0 Å². The standard InChI is InChI=1S/C13H18O3/c1-13(14)7-3-4-10-5-6-11(15-2)8-12(10)16-9-13/h5-6,8,14H,3-4,7,9H2,1-2H3. The van der Waals surface area contributed by atoms with Crippen molar-refractivity contribution in [3.8, 4) is 11.5 Å². The monoisotopic (exact) mass is 222 g/mol. The van der Waals surface area contributed by atoms with Gasteiger partial charge in [-0.2, -0.15) is 0 Å². The second-order valence-electron chi connectivity index (χ2n) is 4.61. The zero-order chi connectivity index (χ0) is 11.6. The van der Waals surface area contributed by atoms with Crippen LogP contribution >= 0.6 is 0 Å². The van der Waals surface area contributed by atoms with Crippen LogP contribution in [0.2, 0.25) is 0 Å². The van der Waals surface area contributed by atoms with Crippen molar-refractivity contribution in [2.24, 2.45) is 0 Å². The molecule has 88 valence electrons. The van der Waals surface area contributed by atoms with E-state index < -0.39 is 5.60 Å². The van der Waals surface area contributed by atoms with Crippen LogP contribution in [0.3, 0.4) is 0 Å². The van der Waals surface area contributed by atoms with Crippen molar-refractivity contribution in [3.05, 3.63) is 23.8 Å². The van der Waals surface area contributed by atoms with E-state index in [0.29, 0.717) is 6.61 Å². The topological polar surface area (TPSA) is 38.7 Å². The molecule has 0 bridgehead atoms. The van der Waals surface area contributed by atoms with E-state index in [-0.39, 0.29) is 0 Å². The predicted molar refractivity (Wildman–Crippen MR) is 62.1 cm³/mol. The molecule has 0 saturated heterocycles. The molecule has 0 aromatic heterocycles. The van der Waals surface area contributed by atoms with E-state index in [1.807, 2.05) is 25.1 Å². The van der Waals surface area contributed by atoms with Gasteiger partial charge in [0.25, 0.3) is 0 Å². The molecule has 1 aromatic rings. The average molecular weight is 222 g/mol. The van der Waals surface area contributed by atoms with Gasteiger partial charge in [0.1, 0.15) is 18.1 Å². The third kappa shape index (κ3) is 2.47. The number of hydrogen-bond donors (Lipinski definition) is 1. The summed E-state index contributed by atoms with van der Waals surface area (Å²) in [5, 5.41) is 9.98. The second-order valence-corrected chi connectivity index (χ2v) is 4.61. The normalized spacial score (nSPS) is 24.9. The first-order valence-electron chi connectivity index (χ1n) is 5.63. The number of aliphatic hydroxyl groups is 1. The van der Waals surface area contributed by atoms with Crippen molar-refractivity contribution in [2.45, 2.75) is 31.8 Å². The molecule has 3 nitrogen and oxygen atoms in total. The molecule has 16 heavy (non-hydrogen) atoms. The first-order chi connectivity index (χ1) is 7.61. The van der Waals surface area contributed by atoms with Crippen LogP contribution in [0.15, 0.2) is 18.2 Å². The maximum Gasteiger partial charge on any atom is 0.126 e. The van der Waals surface area contributed by atoms with Crippen LogP contribution in [0.4, 0.5) is 0 Å². The fourth-order valence-corrected chi connectivity index (χ4v) is 1.97. The smallest absolute Gasteiger partial charge is 0.126 e.